The highest BCUT2D eigenvalue weighted by Gasteiger charge is 2.51. The van der Waals surface area contributed by atoms with E-state index in [4.69, 9.17) is 18.9 Å². The van der Waals surface area contributed by atoms with Crippen molar-refractivity contribution in [3.05, 3.63) is 60.8 Å². The molecule has 2 heterocycles. The Morgan fingerprint density at radius 1 is 0.450 bits per heavy atom. The van der Waals surface area contributed by atoms with Crippen molar-refractivity contribution in [3.8, 4) is 0 Å². The summed E-state index contributed by atoms with van der Waals surface area (Å²) in [4.78, 5) is 13.2. The molecule has 2 aliphatic heterocycles. The largest absolute Gasteiger partial charge is 0.394 e. The standard InChI is InChI=1S/C66H119NO13/c1-3-5-7-9-11-13-15-16-17-18-19-20-21-22-23-24-25-26-27-28-29-30-31-32-33-34-35-36-37-38-40-42-44-46-48-50-58(71)67-54(55(70)49-47-45-43-41-39-14-12-10-8-6-4-2)53-77-65-63(76)61(74)64(57(52-69)79-65)80-66-62(75)60(73)59(72)56(51-68)78-66/h8,10,15-16,18-19,39,41,47,49,54-57,59-66,68-70,72-76H,3-7,9,11-14,17,20-38,40,42-46,48,50-53H2,1-2H3,(H,67,71)/b10-8+,16-15-,19-18-,41-39+,49-47+. The minimum absolute atomic E-state index is 0.253. The molecule has 12 atom stereocenters. The van der Waals surface area contributed by atoms with Gasteiger partial charge in [-0.25, -0.2) is 0 Å². The Kier molecular flexibility index (Phi) is 47.2. The van der Waals surface area contributed by atoms with Crippen LogP contribution in [0.25, 0.3) is 0 Å². The lowest BCUT2D eigenvalue weighted by Gasteiger charge is -2.46. The zero-order valence-corrected chi connectivity index (χ0v) is 50.3. The maximum Gasteiger partial charge on any atom is 0.220 e. The first-order chi connectivity index (χ1) is 39.1. The zero-order chi connectivity index (χ0) is 58.1. The molecule has 466 valence electrons. The summed E-state index contributed by atoms with van der Waals surface area (Å²) in [6.07, 6.45) is 50.3. The topological polar surface area (TPSA) is 228 Å². The monoisotopic (exact) mass is 1130 g/mol. The Bertz CT molecular complexity index is 1570. The van der Waals surface area contributed by atoms with Crippen LogP contribution in [0.1, 0.15) is 258 Å². The van der Waals surface area contributed by atoms with E-state index in [0.717, 1.165) is 57.8 Å². The Morgan fingerprint density at radius 2 is 0.863 bits per heavy atom. The number of aliphatic hydroxyl groups is 8. The molecule has 0 bridgehead atoms. The third-order valence-electron chi connectivity index (χ3n) is 15.6. The fraction of sp³-hybridized carbons (Fsp3) is 0.833. The van der Waals surface area contributed by atoms with Crippen LogP contribution in [0.2, 0.25) is 0 Å². The van der Waals surface area contributed by atoms with Crippen molar-refractivity contribution in [2.24, 2.45) is 0 Å². The fourth-order valence-electron chi connectivity index (χ4n) is 10.4. The number of rotatable bonds is 52. The molecule has 9 N–H and O–H groups in total. The third kappa shape index (κ3) is 35.7. The van der Waals surface area contributed by atoms with Gasteiger partial charge < -0.3 is 65.1 Å². The molecule has 14 nitrogen and oxygen atoms in total. The highest BCUT2D eigenvalue weighted by atomic mass is 16.7. The van der Waals surface area contributed by atoms with E-state index < -0.39 is 86.8 Å². The highest BCUT2D eigenvalue weighted by molar-refractivity contribution is 5.76. The molecule has 0 aromatic rings. The summed E-state index contributed by atoms with van der Waals surface area (Å²) in [7, 11) is 0. The molecule has 12 unspecified atom stereocenters. The van der Waals surface area contributed by atoms with Crippen LogP contribution in [-0.4, -0.2) is 140 Å². The van der Waals surface area contributed by atoms with Gasteiger partial charge in [-0.3, -0.25) is 4.79 Å². The van der Waals surface area contributed by atoms with Gasteiger partial charge in [0.15, 0.2) is 12.6 Å². The van der Waals surface area contributed by atoms with Gasteiger partial charge in [-0.05, 0) is 70.6 Å². The Hall–Kier alpha value is -2.31. The number of ether oxygens (including phenoxy) is 4. The molecule has 0 saturated carbocycles. The quantitative estimate of drug-likeness (QED) is 0.0204. The first kappa shape index (κ1) is 73.8. The van der Waals surface area contributed by atoms with Gasteiger partial charge in [0.25, 0.3) is 0 Å². The Balaban J connectivity index is 1.58. The average molecular weight is 1130 g/mol. The van der Waals surface area contributed by atoms with Crippen LogP contribution in [-0.2, 0) is 23.7 Å². The van der Waals surface area contributed by atoms with Crippen molar-refractivity contribution in [1.29, 1.82) is 0 Å². The van der Waals surface area contributed by atoms with E-state index in [0.29, 0.717) is 12.8 Å². The lowest BCUT2D eigenvalue weighted by molar-refractivity contribution is -0.359. The van der Waals surface area contributed by atoms with Crippen molar-refractivity contribution >= 4 is 5.91 Å². The van der Waals surface area contributed by atoms with Crippen LogP contribution < -0.4 is 5.32 Å². The van der Waals surface area contributed by atoms with Gasteiger partial charge in [-0.2, -0.15) is 0 Å². The molecule has 14 heteroatoms. The molecule has 1 amide bonds. The molecule has 2 rings (SSSR count). The van der Waals surface area contributed by atoms with Crippen molar-refractivity contribution in [2.75, 3.05) is 19.8 Å². The highest BCUT2D eigenvalue weighted by Crippen LogP contribution is 2.30. The predicted octanol–water partition coefficient (Wildman–Crippen LogP) is 12.1. The number of unbranched alkanes of at least 4 members (excludes halogenated alkanes) is 31. The number of aliphatic hydroxyl groups excluding tert-OH is 8. The lowest BCUT2D eigenvalue weighted by Crippen LogP contribution is -2.65. The number of carbonyl (C=O) groups is 1. The molecular formula is C66H119NO13. The van der Waals surface area contributed by atoms with Crippen LogP contribution in [0.3, 0.4) is 0 Å². The van der Waals surface area contributed by atoms with E-state index >= 15 is 0 Å². The molecule has 0 radical (unpaired) electrons. The van der Waals surface area contributed by atoms with Crippen LogP contribution in [0.15, 0.2) is 60.8 Å². The van der Waals surface area contributed by atoms with E-state index in [1.165, 1.54) is 167 Å². The smallest absolute Gasteiger partial charge is 0.220 e. The minimum atomic E-state index is -1.79. The normalized spacial score (nSPS) is 24.6. The van der Waals surface area contributed by atoms with E-state index in [9.17, 15) is 45.6 Å². The van der Waals surface area contributed by atoms with E-state index in [2.05, 4.69) is 67.8 Å². The van der Waals surface area contributed by atoms with Crippen molar-refractivity contribution < 1.29 is 64.6 Å². The van der Waals surface area contributed by atoms with Gasteiger partial charge in [-0.1, -0.05) is 242 Å². The van der Waals surface area contributed by atoms with Gasteiger partial charge in [0.05, 0.1) is 32.0 Å². The summed E-state index contributed by atoms with van der Waals surface area (Å²) < 4.78 is 22.7. The first-order valence-corrected chi connectivity index (χ1v) is 32.5. The van der Waals surface area contributed by atoms with Crippen LogP contribution in [0.5, 0.6) is 0 Å². The second kappa shape index (κ2) is 51.1. The third-order valence-corrected chi connectivity index (χ3v) is 15.6. The second-order valence-corrected chi connectivity index (χ2v) is 22.9. The first-order valence-electron chi connectivity index (χ1n) is 32.5. The zero-order valence-electron chi connectivity index (χ0n) is 50.3. The Morgan fingerprint density at radius 3 is 1.34 bits per heavy atom. The number of allylic oxidation sites excluding steroid dienone is 9. The maximum atomic E-state index is 13.2. The van der Waals surface area contributed by atoms with Gasteiger partial charge in [0.1, 0.15) is 48.8 Å². The molecule has 0 aromatic heterocycles. The molecule has 2 fully saturated rings. The summed E-state index contributed by atoms with van der Waals surface area (Å²) in [5.41, 5.74) is 0. The SMILES string of the molecule is CCC/C=C/CC/C=C/CC/C=C/C(O)C(COC1OC(CO)C(OC2OC(CO)C(O)C(O)C2O)C(O)C1O)NC(=O)CCCCCCCCCCCCCCCCCCCCCCCCC/C=C\C/C=C\CCCCCCC. The number of carbonyl (C=O) groups excluding carboxylic acids is 1. The molecule has 2 saturated heterocycles. The van der Waals surface area contributed by atoms with Gasteiger partial charge >= 0.3 is 0 Å². The second-order valence-electron chi connectivity index (χ2n) is 22.9. The lowest BCUT2D eigenvalue weighted by atomic mass is 9.97. The van der Waals surface area contributed by atoms with Crippen molar-refractivity contribution in [3.63, 3.8) is 0 Å². The molecule has 0 spiro atoms. The van der Waals surface area contributed by atoms with E-state index in [1.54, 1.807) is 6.08 Å². The van der Waals surface area contributed by atoms with E-state index in [1.807, 2.05) is 6.08 Å². The van der Waals surface area contributed by atoms with Crippen LogP contribution in [0.4, 0.5) is 0 Å². The summed E-state index contributed by atoms with van der Waals surface area (Å²) in [5, 5.41) is 86.9. The average Bonchev–Trinajstić information content (AvgIpc) is 3.46. The summed E-state index contributed by atoms with van der Waals surface area (Å²) in [6.45, 7) is 2.69. The molecule has 80 heavy (non-hydrogen) atoms. The maximum absolute atomic E-state index is 13.2. The molecular weight excluding hydrogens is 1010 g/mol. The summed E-state index contributed by atoms with van der Waals surface area (Å²) >= 11 is 0. The van der Waals surface area contributed by atoms with Crippen LogP contribution in [0, 0.1) is 0 Å². The number of hydrogen-bond acceptors (Lipinski definition) is 13. The molecule has 2 aliphatic rings. The van der Waals surface area contributed by atoms with Gasteiger partial charge in [0.2, 0.25) is 5.91 Å². The molecule has 0 aliphatic carbocycles. The number of amides is 1. The fourth-order valence-corrected chi connectivity index (χ4v) is 10.4. The predicted molar refractivity (Wildman–Crippen MR) is 323 cm³/mol. The van der Waals surface area contributed by atoms with Crippen LogP contribution >= 0.6 is 0 Å². The molecule has 0 aromatic carbocycles. The number of hydrogen-bond donors (Lipinski definition) is 9. The van der Waals surface area contributed by atoms with E-state index in [-0.39, 0.29) is 18.9 Å². The summed E-state index contributed by atoms with van der Waals surface area (Å²) in [5.74, 6) is -0.253. The van der Waals surface area contributed by atoms with Crippen molar-refractivity contribution in [2.45, 2.75) is 331 Å². The Labute approximate surface area is 486 Å². The summed E-state index contributed by atoms with van der Waals surface area (Å²) in [6, 6.07) is -0.937. The minimum Gasteiger partial charge on any atom is -0.394 e. The van der Waals surface area contributed by atoms with Crippen molar-refractivity contribution in [1.82, 2.24) is 5.32 Å². The van der Waals surface area contributed by atoms with Gasteiger partial charge in [0, 0.05) is 6.42 Å². The number of nitrogens with one attached hydrogen (secondary N) is 1. The van der Waals surface area contributed by atoms with Gasteiger partial charge in [-0.15, -0.1) is 0 Å².